The van der Waals surface area contributed by atoms with Gasteiger partial charge in [0.1, 0.15) is 11.2 Å². The molecule has 0 aliphatic rings. The summed E-state index contributed by atoms with van der Waals surface area (Å²) in [4.78, 5) is 2.44. The average Bonchev–Trinajstić information content (AvgIpc) is 3.63. The molecule has 2 heteroatoms. The van der Waals surface area contributed by atoms with Crippen LogP contribution in [0, 0.1) is 0 Å². The number of furan rings is 1. The van der Waals surface area contributed by atoms with Gasteiger partial charge >= 0.3 is 0 Å². The number of fused-ring (bicyclic) bond motifs is 4. The van der Waals surface area contributed by atoms with Crippen molar-refractivity contribution >= 4 is 49.8 Å². The Labute approximate surface area is 314 Å². The first-order valence-corrected chi connectivity index (χ1v) is 18.4. The van der Waals surface area contributed by atoms with Gasteiger partial charge in [-0.1, -0.05) is 164 Å². The summed E-state index contributed by atoms with van der Waals surface area (Å²) in [6.07, 6.45) is 0. The lowest BCUT2D eigenvalue weighted by Crippen LogP contribution is -2.13. The molecule has 0 radical (unpaired) electrons. The highest BCUT2D eigenvalue weighted by Gasteiger charge is 2.23. The topological polar surface area (TPSA) is 16.4 Å². The van der Waals surface area contributed by atoms with E-state index in [1.54, 1.807) is 0 Å². The first-order chi connectivity index (χ1) is 26.8. The number of rotatable bonds is 7. The Morgan fingerprint density at radius 3 is 1.74 bits per heavy atom. The summed E-state index contributed by atoms with van der Waals surface area (Å²) in [7, 11) is 0. The quantitative estimate of drug-likeness (QED) is 0.166. The molecule has 0 saturated heterocycles. The highest BCUT2D eigenvalue weighted by Crippen LogP contribution is 2.48. The predicted molar refractivity (Wildman–Crippen MR) is 228 cm³/mol. The lowest BCUT2D eigenvalue weighted by atomic mass is 9.90. The molecular formula is C52H35NO. The zero-order valence-corrected chi connectivity index (χ0v) is 29.6. The van der Waals surface area contributed by atoms with E-state index in [2.05, 4.69) is 205 Å². The second-order valence-electron chi connectivity index (χ2n) is 13.7. The molecule has 0 N–H and O–H groups in total. The van der Waals surface area contributed by atoms with E-state index in [0.29, 0.717) is 0 Å². The Morgan fingerprint density at radius 1 is 0.315 bits per heavy atom. The van der Waals surface area contributed by atoms with Gasteiger partial charge in [0.05, 0.1) is 11.4 Å². The molecule has 54 heavy (non-hydrogen) atoms. The fourth-order valence-corrected chi connectivity index (χ4v) is 7.88. The first-order valence-electron chi connectivity index (χ1n) is 18.4. The van der Waals surface area contributed by atoms with E-state index in [0.717, 1.165) is 72.4 Å². The van der Waals surface area contributed by atoms with Gasteiger partial charge in [-0.05, 0) is 92.7 Å². The Balaban J connectivity index is 1.25. The third kappa shape index (κ3) is 5.62. The van der Waals surface area contributed by atoms with Gasteiger partial charge < -0.3 is 9.32 Å². The van der Waals surface area contributed by atoms with Crippen molar-refractivity contribution in [2.24, 2.45) is 0 Å². The van der Waals surface area contributed by atoms with E-state index in [1.165, 1.54) is 21.9 Å². The fraction of sp³-hybridized carbons (Fsp3) is 0. The number of anilines is 3. The van der Waals surface area contributed by atoms with Crippen LogP contribution in [0.3, 0.4) is 0 Å². The largest absolute Gasteiger partial charge is 0.456 e. The minimum Gasteiger partial charge on any atom is -0.456 e. The molecule has 10 aromatic rings. The molecule has 0 spiro atoms. The summed E-state index contributed by atoms with van der Waals surface area (Å²) >= 11 is 0. The van der Waals surface area contributed by atoms with Crippen LogP contribution in [0.15, 0.2) is 217 Å². The van der Waals surface area contributed by atoms with Gasteiger partial charge in [-0.3, -0.25) is 0 Å². The molecule has 1 aromatic heterocycles. The van der Waals surface area contributed by atoms with E-state index in [4.69, 9.17) is 4.42 Å². The SMILES string of the molecule is c1ccc(-c2ccc(N(c3ccccc3-c3ccccc3)c3cccc(-c4ccc5c(c4)oc4ccccc45)c3-c3ccc4ccccc4c3)cc2)cc1. The van der Waals surface area contributed by atoms with Crippen LogP contribution in [0.4, 0.5) is 17.1 Å². The second-order valence-corrected chi connectivity index (χ2v) is 13.7. The zero-order chi connectivity index (χ0) is 35.8. The third-order valence-corrected chi connectivity index (χ3v) is 10.5. The van der Waals surface area contributed by atoms with Crippen molar-refractivity contribution in [3.05, 3.63) is 212 Å². The van der Waals surface area contributed by atoms with Crippen LogP contribution in [0.5, 0.6) is 0 Å². The molecule has 0 aliphatic carbocycles. The van der Waals surface area contributed by atoms with Crippen LogP contribution >= 0.6 is 0 Å². The van der Waals surface area contributed by atoms with Crippen LogP contribution in [0.1, 0.15) is 0 Å². The van der Waals surface area contributed by atoms with Crippen LogP contribution in [-0.2, 0) is 0 Å². The standard InChI is InChI=1S/C52H35NO/c1-3-14-36(15-4-1)38-28-31-43(32-29-38)53(48-23-11-9-20-44(48)39-17-5-2-6-18-39)49-24-13-22-45(52(49)42-27-26-37-16-7-8-19-40(37)34-42)41-30-33-47-46-21-10-12-25-50(46)54-51(47)35-41/h1-35H. The van der Waals surface area contributed by atoms with E-state index in [9.17, 15) is 0 Å². The molecule has 0 aliphatic heterocycles. The van der Waals surface area contributed by atoms with Crippen LogP contribution in [0.2, 0.25) is 0 Å². The molecule has 0 unspecified atom stereocenters. The minimum absolute atomic E-state index is 0.881. The summed E-state index contributed by atoms with van der Waals surface area (Å²) in [5.74, 6) is 0. The molecular weight excluding hydrogens is 655 g/mol. The highest BCUT2D eigenvalue weighted by molar-refractivity contribution is 6.07. The normalized spacial score (nSPS) is 11.3. The predicted octanol–water partition coefficient (Wildman–Crippen LogP) is 14.9. The molecule has 0 amide bonds. The van der Waals surface area contributed by atoms with Gasteiger partial charge in [0, 0.05) is 27.6 Å². The molecule has 1 heterocycles. The Morgan fingerprint density at radius 2 is 0.907 bits per heavy atom. The average molecular weight is 690 g/mol. The van der Waals surface area contributed by atoms with Crippen LogP contribution in [-0.4, -0.2) is 0 Å². The summed E-state index contributed by atoms with van der Waals surface area (Å²) in [6, 6.07) is 76.0. The zero-order valence-electron chi connectivity index (χ0n) is 29.6. The van der Waals surface area contributed by atoms with Gasteiger partial charge in [0.2, 0.25) is 0 Å². The lowest BCUT2D eigenvalue weighted by molar-refractivity contribution is 0.669. The maximum absolute atomic E-state index is 6.44. The van der Waals surface area contributed by atoms with Gasteiger partial charge in [-0.15, -0.1) is 0 Å². The van der Waals surface area contributed by atoms with Crippen LogP contribution < -0.4 is 4.90 Å². The first kappa shape index (κ1) is 31.6. The van der Waals surface area contributed by atoms with E-state index >= 15 is 0 Å². The number of nitrogens with zero attached hydrogens (tertiary/aromatic N) is 1. The molecule has 9 aromatic carbocycles. The van der Waals surface area contributed by atoms with Crippen molar-refractivity contribution in [3.8, 4) is 44.5 Å². The molecule has 0 saturated carbocycles. The number of benzene rings is 9. The molecule has 0 bridgehead atoms. The van der Waals surface area contributed by atoms with Crippen molar-refractivity contribution in [3.63, 3.8) is 0 Å². The third-order valence-electron chi connectivity index (χ3n) is 10.5. The molecule has 0 fully saturated rings. The van der Waals surface area contributed by atoms with Gasteiger partial charge in [0.15, 0.2) is 0 Å². The molecule has 2 nitrogen and oxygen atoms in total. The summed E-state index contributed by atoms with van der Waals surface area (Å²) in [5, 5.41) is 4.67. The van der Waals surface area contributed by atoms with Gasteiger partial charge in [0.25, 0.3) is 0 Å². The van der Waals surface area contributed by atoms with Crippen molar-refractivity contribution in [1.82, 2.24) is 0 Å². The maximum Gasteiger partial charge on any atom is 0.136 e. The number of hydrogen-bond donors (Lipinski definition) is 0. The molecule has 254 valence electrons. The lowest BCUT2D eigenvalue weighted by Gasteiger charge is -2.31. The summed E-state index contributed by atoms with van der Waals surface area (Å²) < 4.78 is 6.44. The van der Waals surface area contributed by atoms with E-state index in [-0.39, 0.29) is 0 Å². The maximum atomic E-state index is 6.44. The van der Waals surface area contributed by atoms with Crippen LogP contribution in [0.25, 0.3) is 77.2 Å². The molecule has 10 rings (SSSR count). The second kappa shape index (κ2) is 13.4. The van der Waals surface area contributed by atoms with E-state index < -0.39 is 0 Å². The van der Waals surface area contributed by atoms with Gasteiger partial charge in [-0.2, -0.15) is 0 Å². The number of para-hydroxylation sites is 2. The minimum atomic E-state index is 0.881. The molecule has 0 atom stereocenters. The van der Waals surface area contributed by atoms with Crippen molar-refractivity contribution in [2.45, 2.75) is 0 Å². The summed E-state index contributed by atoms with van der Waals surface area (Å²) in [6.45, 7) is 0. The van der Waals surface area contributed by atoms with Gasteiger partial charge in [-0.25, -0.2) is 0 Å². The van der Waals surface area contributed by atoms with Crippen molar-refractivity contribution < 1.29 is 4.42 Å². The highest BCUT2D eigenvalue weighted by atomic mass is 16.3. The Kier molecular flexibility index (Phi) is 7.85. The Hall–Kier alpha value is -7.16. The summed E-state index contributed by atoms with van der Waals surface area (Å²) in [5.41, 5.74) is 14.3. The van der Waals surface area contributed by atoms with Crippen molar-refractivity contribution in [2.75, 3.05) is 4.90 Å². The Bertz CT molecular complexity index is 2920. The monoisotopic (exact) mass is 689 g/mol. The smallest absolute Gasteiger partial charge is 0.136 e. The van der Waals surface area contributed by atoms with Crippen molar-refractivity contribution in [1.29, 1.82) is 0 Å². The fourth-order valence-electron chi connectivity index (χ4n) is 7.88. The number of hydrogen-bond acceptors (Lipinski definition) is 2. The van der Waals surface area contributed by atoms with E-state index in [1.807, 2.05) is 12.1 Å².